The third kappa shape index (κ3) is 2.78. The van der Waals surface area contributed by atoms with Gasteiger partial charge in [0.05, 0.1) is 0 Å². The average molecular weight is 168 g/mol. The molecule has 0 heterocycles. The van der Waals surface area contributed by atoms with Gasteiger partial charge in [-0.15, -0.1) is 0 Å². The Balaban J connectivity index is 2.26. The zero-order chi connectivity index (χ0) is 8.81. The van der Waals surface area contributed by atoms with E-state index in [0.29, 0.717) is 18.6 Å². The Kier molecular flexibility index (Phi) is 4.01. The van der Waals surface area contributed by atoms with Crippen LogP contribution in [0.25, 0.3) is 0 Å². The van der Waals surface area contributed by atoms with E-state index in [4.69, 9.17) is 5.11 Å². The van der Waals surface area contributed by atoms with E-state index < -0.39 is 0 Å². The Labute approximate surface area is 73.3 Å². The molecule has 2 nitrogen and oxygen atoms in total. The molecule has 1 atom stereocenters. The molecule has 0 bridgehead atoms. The Morgan fingerprint density at radius 2 is 2.33 bits per heavy atom. The molecule has 0 radical (unpaired) electrons. The molecule has 2 heteroatoms. The smallest absolute Gasteiger partial charge is 0.136 e. The highest BCUT2D eigenvalue weighted by molar-refractivity contribution is 5.81. The van der Waals surface area contributed by atoms with Crippen LogP contribution in [0.15, 0.2) is 12.2 Å². The molecular formula is C10H16O2. The summed E-state index contributed by atoms with van der Waals surface area (Å²) in [5.41, 5.74) is 0. The Morgan fingerprint density at radius 1 is 1.50 bits per heavy atom. The molecule has 1 aliphatic carbocycles. The first-order valence-corrected chi connectivity index (χ1v) is 4.63. The zero-order valence-electron chi connectivity index (χ0n) is 7.33. The summed E-state index contributed by atoms with van der Waals surface area (Å²) >= 11 is 0. The predicted molar refractivity (Wildman–Crippen MR) is 47.8 cm³/mol. The maximum absolute atomic E-state index is 11.4. The Bertz CT molecular complexity index is 173. The summed E-state index contributed by atoms with van der Waals surface area (Å²) in [6.07, 6.45) is 8.34. The molecule has 0 amide bonds. The van der Waals surface area contributed by atoms with Gasteiger partial charge in [0.2, 0.25) is 0 Å². The second kappa shape index (κ2) is 5.09. The van der Waals surface area contributed by atoms with Gasteiger partial charge >= 0.3 is 0 Å². The molecule has 0 aromatic heterocycles. The van der Waals surface area contributed by atoms with Crippen LogP contribution in [0.5, 0.6) is 0 Å². The lowest BCUT2D eigenvalue weighted by Crippen LogP contribution is -2.15. The quantitative estimate of drug-likeness (QED) is 0.648. The number of aliphatic hydroxyl groups excluding tert-OH is 1. The summed E-state index contributed by atoms with van der Waals surface area (Å²) in [5, 5.41) is 8.55. The van der Waals surface area contributed by atoms with Crippen molar-refractivity contribution in [1.29, 1.82) is 0 Å². The van der Waals surface area contributed by atoms with Gasteiger partial charge in [-0.3, -0.25) is 4.79 Å². The lowest BCUT2D eigenvalue weighted by atomic mass is 9.89. The topological polar surface area (TPSA) is 37.3 Å². The molecule has 1 aliphatic rings. The Morgan fingerprint density at radius 3 is 2.92 bits per heavy atom. The maximum Gasteiger partial charge on any atom is 0.136 e. The van der Waals surface area contributed by atoms with E-state index in [0.717, 1.165) is 19.3 Å². The molecule has 0 aromatic carbocycles. The second-order valence-corrected chi connectivity index (χ2v) is 3.27. The molecule has 0 fully saturated rings. The number of aliphatic hydroxyl groups is 1. The van der Waals surface area contributed by atoms with Crippen molar-refractivity contribution in [3.8, 4) is 0 Å². The van der Waals surface area contributed by atoms with Crippen LogP contribution in [-0.2, 0) is 4.79 Å². The van der Waals surface area contributed by atoms with E-state index in [9.17, 15) is 4.79 Å². The van der Waals surface area contributed by atoms with Crippen LogP contribution in [0, 0.1) is 5.92 Å². The normalized spacial score (nSPS) is 22.6. The van der Waals surface area contributed by atoms with Gasteiger partial charge in [-0.1, -0.05) is 12.2 Å². The van der Waals surface area contributed by atoms with Crippen molar-refractivity contribution in [2.45, 2.75) is 32.1 Å². The fraction of sp³-hybridized carbons (Fsp3) is 0.700. The molecule has 1 rings (SSSR count). The molecule has 0 saturated carbocycles. The van der Waals surface area contributed by atoms with E-state index in [1.165, 1.54) is 0 Å². The van der Waals surface area contributed by atoms with Crippen LogP contribution >= 0.6 is 0 Å². The minimum Gasteiger partial charge on any atom is -0.396 e. The van der Waals surface area contributed by atoms with Gasteiger partial charge in [0.15, 0.2) is 0 Å². The van der Waals surface area contributed by atoms with Crippen LogP contribution in [0.1, 0.15) is 32.1 Å². The standard InChI is InChI=1S/C10H16O2/c11-8-4-7-10(12)9-5-2-1-3-6-9/h1-2,9,11H,3-8H2. The number of rotatable bonds is 4. The third-order valence-corrected chi connectivity index (χ3v) is 2.31. The minimum absolute atomic E-state index is 0.133. The van der Waals surface area contributed by atoms with E-state index in [1.54, 1.807) is 0 Å². The number of carbonyl (C=O) groups is 1. The van der Waals surface area contributed by atoms with Gasteiger partial charge in [-0.25, -0.2) is 0 Å². The third-order valence-electron chi connectivity index (χ3n) is 2.31. The maximum atomic E-state index is 11.4. The molecule has 0 spiro atoms. The first-order chi connectivity index (χ1) is 5.84. The highest BCUT2D eigenvalue weighted by atomic mass is 16.3. The number of Topliss-reactive ketones (excluding diaryl/α,β-unsaturated/α-hetero) is 1. The summed E-state index contributed by atoms with van der Waals surface area (Å²) < 4.78 is 0. The average Bonchev–Trinajstić information content (AvgIpc) is 2.15. The van der Waals surface area contributed by atoms with Crippen molar-refractivity contribution in [2.24, 2.45) is 5.92 Å². The molecule has 0 aliphatic heterocycles. The summed E-state index contributed by atoms with van der Waals surface area (Å²) in [7, 11) is 0. The monoisotopic (exact) mass is 168 g/mol. The molecule has 1 N–H and O–H groups in total. The minimum atomic E-state index is 0.133. The zero-order valence-corrected chi connectivity index (χ0v) is 7.33. The molecule has 68 valence electrons. The summed E-state index contributed by atoms with van der Waals surface area (Å²) in [6.45, 7) is 0.133. The van der Waals surface area contributed by atoms with E-state index >= 15 is 0 Å². The molecule has 0 aromatic rings. The first-order valence-electron chi connectivity index (χ1n) is 4.63. The fourth-order valence-electron chi connectivity index (χ4n) is 1.54. The highest BCUT2D eigenvalue weighted by Gasteiger charge is 2.17. The van der Waals surface area contributed by atoms with Crippen molar-refractivity contribution in [1.82, 2.24) is 0 Å². The molecular weight excluding hydrogens is 152 g/mol. The number of hydrogen-bond donors (Lipinski definition) is 1. The highest BCUT2D eigenvalue weighted by Crippen LogP contribution is 2.20. The fourth-order valence-corrected chi connectivity index (χ4v) is 1.54. The largest absolute Gasteiger partial charge is 0.396 e. The number of allylic oxidation sites excluding steroid dienone is 2. The van der Waals surface area contributed by atoms with Crippen LogP contribution in [0.3, 0.4) is 0 Å². The Hall–Kier alpha value is -0.630. The van der Waals surface area contributed by atoms with Crippen molar-refractivity contribution in [2.75, 3.05) is 6.61 Å². The summed E-state index contributed by atoms with van der Waals surface area (Å²) in [6, 6.07) is 0. The van der Waals surface area contributed by atoms with Crippen molar-refractivity contribution < 1.29 is 9.90 Å². The van der Waals surface area contributed by atoms with Crippen molar-refractivity contribution in [3.05, 3.63) is 12.2 Å². The number of carbonyl (C=O) groups excluding carboxylic acids is 1. The second-order valence-electron chi connectivity index (χ2n) is 3.27. The lowest BCUT2D eigenvalue weighted by molar-refractivity contribution is -0.123. The SMILES string of the molecule is O=C(CCCO)C1CC=CCC1. The van der Waals surface area contributed by atoms with Gasteiger partial charge in [0, 0.05) is 18.9 Å². The van der Waals surface area contributed by atoms with Crippen LogP contribution < -0.4 is 0 Å². The number of ketones is 1. The van der Waals surface area contributed by atoms with Crippen LogP contribution in [-0.4, -0.2) is 17.5 Å². The molecule has 0 saturated heterocycles. The van der Waals surface area contributed by atoms with Gasteiger partial charge in [-0.05, 0) is 25.7 Å². The van der Waals surface area contributed by atoms with E-state index in [1.807, 2.05) is 0 Å². The number of hydrogen-bond acceptors (Lipinski definition) is 2. The predicted octanol–water partition coefficient (Wildman–Crippen LogP) is 1.68. The van der Waals surface area contributed by atoms with Crippen LogP contribution in [0.4, 0.5) is 0 Å². The molecule has 1 unspecified atom stereocenters. The van der Waals surface area contributed by atoms with Crippen molar-refractivity contribution >= 4 is 5.78 Å². The van der Waals surface area contributed by atoms with Gasteiger partial charge in [0.1, 0.15) is 5.78 Å². The van der Waals surface area contributed by atoms with Gasteiger partial charge in [0.25, 0.3) is 0 Å². The molecule has 12 heavy (non-hydrogen) atoms. The lowest BCUT2D eigenvalue weighted by Gasteiger charge is -2.15. The van der Waals surface area contributed by atoms with E-state index in [-0.39, 0.29) is 12.5 Å². The van der Waals surface area contributed by atoms with Gasteiger partial charge in [-0.2, -0.15) is 0 Å². The van der Waals surface area contributed by atoms with Crippen molar-refractivity contribution in [3.63, 3.8) is 0 Å². The van der Waals surface area contributed by atoms with Gasteiger partial charge < -0.3 is 5.11 Å². The van der Waals surface area contributed by atoms with E-state index in [2.05, 4.69) is 12.2 Å². The van der Waals surface area contributed by atoms with Crippen LogP contribution in [0.2, 0.25) is 0 Å². The first kappa shape index (κ1) is 9.46. The summed E-state index contributed by atoms with van der Waals surface area (Å²) in [5.74, 6) is 0.565. The summed E-state index contributed by atoms with van der Waals surface area (Å²) in [4.78, 5) is 11.4.